The molecule has 1 saturated carbocycles. The van der Waals surface area contributed by atoms with Gasteiger partial charge in [0.2, 0.25) is 5.91 Å². The van der Waals surface area contributed by atoms with Crippen LogP contribution in [0.4, 0.5) is 17.6 Å². The Balaban J connectivity index is 1.45. The summed E-state index contributed by atoms with van der Waals surface area (Å²) in [5.74, 6) is -2.07. The van der Waals surface area contributed by atoms with Gasteiger partial charge < -0.3 is 20.1 Å². The van der Waals surface area contributed by atoms with E-state index in [1.165, 1.54) is 6.92 Å². The van der Waals surface area contributed by atoms with E-state index in [1.807, 2.05) is 0 Å². The van der Waals surface area contributed by atoms with E-state index in [-0.39, 0.29) is 30.1 Å². The van der Waals surface area contributed by atoms with Gasteiger partial charge in [-0.15, -0.1) is 0 Å². The molecule has 1 heterocycles. The third-order valence-electron chi connectivity index (χ3n) is 5.68. The maximum atomic E-state index is 13.9. The highest BCUT2D eigenvalue weighted by molar-refractivity contribution is 5.81. The molecule has 0 spiro atoms. The van der Waals surface area contributed by atoms with Gasteiger partial charge in [-0.25, -0.2) is 4.39 Å². The van der Waals surface area contributed by atoms with Crippen LogP contribution in [0.25, 0.3) is 0 Å². The first-order chi connectivity index (χ1) is 13.9. The monoisotopic (exact) mass is 432 g/mol. The summed E-state index contributed by atoms with van der Waals surface area (Å²) in [6.45, 7) is 3.90. The number of amides is 1. The molecule has 0 aromatic heterocycles. The number of benzene rings is 1. The van der Waals surface area contributed by atoms with E-state index in [2.05, 4.69) is 0 Å². The van der Waals surface area contributed by atoms with Crippen LogP contribution < -0.4 is 10.5 Å². The highest BCUT2D eigenvalue weighted by atomic mass is 19.4. The number of nitrogens with zero attached hydrogens (tertiary/aromatic N) is 1. The van der Waals surface area contributed by atoms with Gasteiger partial charge in [0, 0.05) is 31.8 Å². The van der Waals surface area contributed by atoms with Gasteiger partial charge in [-0.1, -0.05) is 0 Å². The number of carbonyl (C=O) groups excluding carboxylic acids is 2. The van der Waals surface area contributed by atoms with Gasteiger partial charge in [0.25, 0.3) is 0 Å². The number of rotatable bonds is 6. The van der Waals surface area contributed by atoms with E-state index < -0.39 is 35.2 Å². The molecule has 1 aliphatic heterocycles. The van der Waals surface area contributed by atoms with Gasteiger partial charge in [0.05, 0.1) is 11.1 Å². The molecule has 3 rings (SSSR count). The Kier molecular flexibility index (Phi) is 5.99. The summed E-state index contributed by atoms with van der Waals surface area (Å²) in [7, 11) is 0. The van der Waals surface area contributed by atoms with Gasteiger partial charge in [0.1, 0.15) is 12.7 Å². The van der Waals surface area contributed by atoms with Crippen LogP contribution >= 0.6 is 0 Å². The topological polar surface area (TPSA) is 81.9 Å². The second kappa shape index (κ2) is 8.05. The molecule has 2 fully saturated rings. The van der Waals surface area contributed by atoms with Gasteiger partial charge in [-0.2, -0.15) is 13.2 Å². The van der Waals surface area contributed by atoms with Crippen LogP contribution in [-0.2, 0) is 20.5 Å². The maximum absolute atomic E-state index is 13.9. The molecule has 0 radical (unpaired) electrons. The van der Waals surface area contributed by atoms with E-state index in [4.69, 9.17) is 15.2 Å². The first-order valence-corrected chi connectivity index (χ1v) is 9.62. The van der Waals surface area contributed by atoms with Crippen molar-refractivity contribution in [1.29, 1.82) is 0 Å². The number of esters is 1. The zero-order valence-electron chi connectivity index (χ0n) is 16.7. The molecule has 166 valence electrons. The van der Waals surface area contributed by atoms with Crippen LogP contribution in [0.1, 0.15) is 32.3 Å². The van der Waals surface area contributed by atoms with Crippen molar-refractivity contribution in [2.24, 2.45) is 17.6 Å². The minimum Gasteiger partial charge on any atom is -0.487 e. The smallest absolute Gasteiger partial charge is 0.416 e. The fraction of sp³-hybridized carbons (Fsp3) is 0.600. The van der Waals surface area contributed by atoms with Crippen molar-refractivity contribution in [3.05, 3.63) is 29.6 Å². The summed E-state index contributed by atoms with van der Waals surface area (Å²) in [5.41, 5.74) is 4.33. The normalized spacial score (nSPS) is 25.2. The Morgan fingerprint density at radius 3 is 2.47 bits per heavy atom. The molecule has 1 aliphatic carbocycles. The van der Waals surface area contributed by atoms with Crippen molar-refractivity contribution in [2.45, 2.75) is 44.5 Å². The lowest BCUT2D eigenvalue weighted by Crippen LogP contribution is -2.63. The Morgan fingerprint density at radius 1 is 1.30 bits per heavy atom. The fourth-order valence-electron chi connectivity index (χ4n) is 3.78. The molecule has 1 aromatic carbocycles. The highest BCUT2D eigenvalue weighted by Gasteiger charge is 2.49. The predicted octanol–water partition coefficient (Wildman–Crippen LogP) is 2.74. The number of hydrogen-bond donors (Lipinski definition) is 1. The molecule has 30 heavy (non-hydrogen) atoms. The second-order valence-electron chi connectivity index (χ2n) is 8.22. The zero-order valence-corrected chi connectivity index (χ0v) is 16.7. The summed E-state index contributed by atoms with van der Waals surface area (Å²) < 4.78 is 62.2. The minimum atomic E-state index is -4.62. The summed E-state index contributed by atoms with van der Waals surface area (Å²) in [4.78, 5) is 25.0. The van der Waals surface area contributed by atoms with Crippen LogP contribution in [-0.4, -0.2) is 48.1 Å². The molecule has 6 nitrogen and oxygen atoms in total. The highest BCUT2D eigenvalue weighted by Crippen LogP contribution is 2.39. The van der Waals surface area contributed by atoms with Gasteiger partial charge in [0.15, 0.2) is 11.6 Å². The Morgan fingerprint density at radius 2 is 1.93 bits per heavy atom. The third kappa shape index (κ3) is 4.85. The zero-order chi connectivity index (χ0) is 22.3. The van der Waals surface area contributed by atoms with Crippen LogP contribution in [0.15, 0.2) is 18.2 Å². The van der Waals surface area contributed by atoms with Gasteiger partial charge in [-0.3, -0.25) is 9.59 Å². The van der Waals surface area contributed by atoms with E-state index in [0.29, 0.717) is 32.0 Å². The molecule has 0 bridgehead atoms. The van der Waals surface area contributed by atoms with E-state index in [0.717, 1.165) is 12.1 Å². The molecule has 1 unspecified atom stereocenters. The molecular weight excluding hydrogens is 408 g/mol. The molecule has 1 atom stereocenters. The standard InChI is InChI=1S/C20H24F4N2O4/c1-11(30-17-4-3-15(5-16(17)21)20(22,23)24)14-8-26(9-14)18(28)13-6-19(25,7-13)10-29-12(2)27/h3-5,11,13-14H,6-10,25H2,1-2H3. The number of alkyl halides is 3. The molecule has 2 aliphatic rings. The van der Waals surface area contributed by atoms with Crippen LogP contribution in [0.3, 0.4) is 0 Å². The first-order valence-electron chi connectivity index (χ1n) is 9.62. The molecule has 1 aromatic rings. The summed E-state index contributed by atoms with van der Waals surface area (Å²) in [6, 6.07) is 2.14. The van der Waals surface area contributed by atoms with Crippen molar-refractivity contribution in [2.75, 3.05) is 19.7 Å². The molecule has 1 amide bonds. The van der Waals surface area contributed by atoms with E-state index in [9.17, 15) is 27.2 Å². The third-order valence-corrected chi connectivity index (χ3v) is 5.68. The summed E-state index contributed by atoms with van der Waals surface area (Å²) in [6.07, 6.45) is -4.23. The number of halogens is 4. The predicted molar refractivity (Wildman–Crippen MR) is 97.8 cm³/mol. The van der Waals surface area contributed by atoms with Crippen molar-refractivity contribution < 1.29 is 36.6 Å². The van der Waals surface area contributed by atoms with Crippen molar-refractivity contribution >= 4 is 11.9 Å². The average molecular weight is 432 g/mol. The molecular formula is C20H24F4N2O4. The fourth-order valence-corrected chi connectivity index (χ4v) is 3.78. The summed E-state index contributed by atoms with van der Waals surface area (Å²) >= 11 is 0. The van der Waals surface area contributed by atoms with Crippen LogP contribution in [0.2, 0.25) is 0 Å². The number of nitrogens with two attached hydrogens (primary N) is 1. The lowest BCUT2D eigenvalue weighted by atomic mass is 9.68. The maximum Gasteiger partial charge on any atom is 0.416 e. The number of likely N-dealkylation sites (tertiary alicyclic amines) is 1. The van der Waals surface area contributed by atoms with Crippen molar-refractivity contribution in [3.63, 3.8) is 0 Å². The summed E-state index contributed by atoms with van der Waals surface area (Å²) in [5, 5.41) is 0. The largest absolute Gasteiger partial charge is 0.487 e. The molecule has 10 heteroatoms. The van der Waals surface area contributed by atoms with Crippen molar-refractivity contribution in [1.82, 2.24) is 4.90 Å². The average Bonchev–Trinajstić information content (AvgIpc) is 2.56. The Labute approximate surface area is 171 Å². The Hall–Kier alpha value is -2.36. The van der Waals surface area contributed by atoms with Crippen LogP contribution in [0, 0.1) is 17.7 Å². The second-order valence-corrected chi connectivity index (χ2v) is 8.22. The van der Waals surface area contributed by atoms with E-state index in [1.54, 1.807) is 11.8 Å². The lowest BCUT2D eigenvalue weighted by molar-refractivity contribution is -0.153. The molecule has 1 saturated heterocycles. The minimum absolute atomic E-state index is 0.0388. The SMILES string of the molecule is CC(=O)OCC1(N)CC(C(=O)N2CC(C(C)Oc3ccc(C(F)(F)F)cc3F)C2)C1. The Bertz CT molecular complexity index is 818. The lowest BCUT2D eigenvalue weighted by Gasteiger charge is -2.49. The van der Waals surface area contributed by atoms with Gasteiger partial charge in [-0.05, 0) is 38.0 Å². The van der Waals surface area contributed by atoms with E-state index >= 15 is 0 Å². The van der Waals surface area contributed by atoms with Crippen molar-refractivity contribution in [3.8, 4) is 5.75 Å². The quantitative estimate of drug-likeness (QED) is 0.552. The first kappa shape index (κ1) is 22.3. The number of ether oxygens (including phenoxy) is 2. The van der Waals surface area contributed by atoms with Gasteiger partial charge >= 0.3 is 12.1 Å². The van der Waals surface area contributed by atoms with Crippen LogP contribution in [0.5, 0.6) is 5.75 Å². The number of hydrogen-bond acceptors (Lipinski definition) is 5. The number of carbonyl (C=O) groups is 2. The molecule has 2 N–H and O–H groups in total.